The number of unbranched alkanes of at least 4 members (excludes halogenated alkanes) is 1. The van der Waals surface area contributed by atoms with E-state index in [0.717, 1.165) is 56.8 Å². The van der Waals surface area contributed by atoms with Gasteiger partial charge in [0.25, 0.3) is 0 Å². The lowest BCUT2D eigenvalue weighted by Gasteiger charge is -2.30. The van der Waals surface area contributed by atoms with E-state index in [1.54, 1.807) is 0 Å². The Labute approximate surface area is 164 Å². The molecule has 0 aliphatic heterocycles. The van der Waals surface area contributed by atoms with Gasteiger partial charge in [-0.15, -0.1) is 10.2 Å². The standard InChI is InChI=1S/C20H38N6O/c1-5-7-13-21-19(22-15-18-25-24-17(3)26(18)4)23-16-20(10-8-9-11-20)12-14-27-6-2/h5-16H2,1-4H3,(H2,21,22,23). The molecule has 1 saturated carbocycles. The Morgan fingerprint density at radius 2 is 2.00 bits per heavy atom. The molecule has 2 N–H and O–H groups in total. The van der Waals surface area contributed by atoms with E-state index in [0.29, 0.717) is 12.0 Å². The Bertz CT molecular complexity index is 577. The number of aromatic nitrogens is 3. The first kappa shape index (κ1) is 21.7. The molecule has 154 valence electrons. The maximum Gasteiger partial charge on any atom is 0.191 e. The van der Waals surface area contributed by atoms with Crippen LogP contribution in [0.1, 0.15) is 70.4 Å². The topological polar surface area (TPSA) is 76.4 Å². The third kappa shape index (κ3) is 6.79. The molecule has 0 unspecified atom stereocenters. The van der Waals surface area contributed by atoms with Gasteiger partial charge in [-0.25, -0.2) is 4.99 Å². The summed E-state index contributed by atoms with van der Waals surface area (Å²) in [6, 6.07) is 0. The number of rotatable bonds is 11. The Morgan fingerprint density at radius 3 is 2.63 bits per heavy atom. The van der Waals surface area contributed by atoms with E-state index in [2.05, 4.69) is 34.7 Å². The average Bonchev–Trinajstić information content (AvgIpc) is 3.26. The molecule has 0 saturated heterocycles. The lowest BCUT2D eigenvalue weighted by molar-refractivity contribution is 0.105. The Hall–Kier alpha value is -1.63. The average molecular weight is 379 g/mol. The highest BCUT2D eigenvalue weighted by molar-refractivity contribution is 5.79. The molecule has 1 aromatic heterocycles. The van der Waals surface area contributed by atoms with E-state index in [-0.39, 0.29) is 0 Å². The van der Waals surface area contributed by atoms with E-state index < -0.39 is 0 Å². The van der Waals surface area contributed by atoms with Crippen LogP contribution in [0.15, 0.2) is 4.99 Å². The van der Waals surface area contributed by atoms with Crippen LogP contribution in [0.2, 0.25) is 0 Å². The van der Waals surface area contributed by atoms with Gasteiger partial charge in [-0.1, -0.05) is 26.2 Å². The van der Waals surface area contributed by atoms with Crippen LogP contribution in [0.25, 0.3) is 0 Å². The number of nitrogens with one attached hydrogen (secondary N) is 2. The first-order valence-electron chi connectivity index (χ1n) is 10.5. The summed E-state index contributed by atoms with van der Waals surface area (Å²) in [6.45, 7) is 10.3. The zero-order valence-corrected chi connectivity index (χ0v) is 17.7. The van der Waals surface area contributed by atoms with Crippen LogP contribution >= 0.6 is 0 Å². The molecule has 0 bridgehead atoms. The Kier molecular flexibility index (Phi) is 9.04. The zero-order valence-electron chi connectivity index (χ0n) is 17.7. The minimum atomic E-state index is 0.337. The van der Waals surface area contributed by atoms with Gasteiger partial charge in [0.2, 0.25) is 0 Å². The van der Waals surface area contributed by atoms with Gasteiger partial charge in [0.05, 0.1) is 0 Å². The molecule has 0 spiro atoms. The summed E-state index contributed by atoms with van der Waals surface area (Å²) in [7, 11) is 1.99. The Balaban J connectivity index is 1.97. The molecule has 2 rings (SSSR count). The van der Waals surface area contributed by atoms with Gasteiger partial charge in [0, 0.05) is 33.4 Å². The molecule has 1 heterocycles. The summed E-state index contributed by atoms with van der Waals surface area (Å²) in [5.41, 5.74) is 0.337. The van der Waals surface area contributed by atoms with Crippen molar-refractivity contribution in [2.24, 2.45) is 17.5 Å². The minimum Gasteiger partial charge on any atom is -0.382 e. The smallest absolute Gasteiger partial charge is 0.191 e. The van der Waals surface area contributed by atoms with Gasteiger partial charge < -0.3 is 19.9 Å². The quantitative estimate of drug-likeness (QED) is 0.352. The van der Waals surface area contributed by atoms with Crippen LogP contribution in [-0.4, -0.2) is 47.0 Å². The number of aryl methyl sites for hydroxylation is 1. The second-order valence-corrected chi connectivity index (χ2v) is 7.68. The molecule has 0 atom stereocenters. The summed E-state index contributed by atoms with van der Waals surface area (Å²) in [6.07, 6.45) is 8.62. The highest BCUT2D eigenvalue weighted by atomic mass is 16.5. The highest BCUT2D eigenvalue weighted by Gasteiger charge is 2.33. The number of guanidine groups is 1. The summed E-state index contributed by atoms with van der Waals surface area (Å²) >= 11 is 0. The number of hydrogen-bond donors (Lipinski definition) is 2. The molecular formula is C20H38N6O. The fraction of sp³-hybridized carbons (Fsp3) is 0.850. The SMILES string of the molecule is CCCCNC(=NCc1nnc(C)n1C)NCC1(CCOCC)CCCC1. The van der Waals surface area contributed by atoms with E-state index >= 15 is 0 Å². The second-order valence-electron chi connectivity index (χ2n) is 7.68. The maximum absolute atomic E-state index is 5.64. The fourth-order valence-electron chi connectivity index (χ4n) is 3.64. The van der Waals surface area contributed by atoms with Crippen LogP contribution in [-0.2, 0) is 18.3 Å². The molecule has 7 nitrogen and oxygen atoms in total. The van der Waals surface area contributed by atoms with Gasteiger partial charge >= 0.3 is 0 Å². The van der Waals surface area contributed by atoms with Crippen LogP contribution in [0.4, 0.5) is 0 Å². The normalized spacial score (nSPS) is 16.7. The fourth-order valence-corrected chi connectivity index (χ4v) is 3.64. The van der Waals surface area contributed by atoms with Crippen LogP contribution in [0.5, 0.6) is 0 Å². The van der Waals surface area contributed by atoms with E-state index in [4.69, 9.17) is 9.73 Å². The number of ether oxygens (including phenoxy) is 1. The van der Waals surface area contributed by atoms with Gasteiger partial charge in [-0.3, -0.25) is 0 Å². The highest BCUT2D eigenvalue weighted by Crippen LogP contribution is 2.40. The van der Waals surface area contributed by atoms with Crippen molar-refractivity contribution in [1.82, 2.24) is 25.4 Å². The van der Waals surface area contributed by atoms with Crippen molar-refractivity contribution >= 4 is 5.96 Å². The second kappa shape index (κ2) is 11.3. The van der Waals surface area contributed by atoms with E-state index in [1.165, 1.54) is 32.1 Å². The summed E-state index contributed by atoms with van der Waals surface area (Å²) in [5.74, 6) is 2.68. The van der Waals surface area contributed by atoms with Crippen molar-refractivity contribution in [3.63, 3.8) is 0 Å². The van der Waals surface area contributed by atoms with Gasteiger partial charge in [-0.2, -0.15) is 0 Å². The Morgan fingerprint density at radius 1 is 1.22 bits per heavy atom. The van der Waals surface area contributed by atoms with Gasteiger partial charge in [-0.05, 0) is 44.9 Å². The third-order valence-corrected chi connectivity index (χ3v) is 5.66. The van der Waals surface area contributed by atoms with E-state index in [9.17, 15) is 0 Å². The van der Waals surface area contributed by atoms with Crippen LogP contribution in [0.3, 0.4) is 0 Å². The van der Waals surface area contributed by atoms with Crippen molar-refractivity contribution in [3.05, 3.63) is 11.6 Å². The van der Waals surface area contributed by atoms with Crippen molar-refractivity contribution in [2.75, 3.05) is 26.3 Å². The summed E-state index contributed by atoms with van der Waals surface area (Å²) < 4.78 is 7.63. The molecule has 1 aliphatic rings. The van der Waals surface area contributed by atoms with Crippen LogP contribution < -0.4 is 10.6 Å². The number of aliphatic imine (C=N–C) groups is 1. The first-order valence-corrected chi connectivity index (χ1v) is 10.5. The van der Waals surface area contributed by atoms with Gasteiger partial charge in [0.15, 0.2) is 11.8 Å². The molecule has 0 radical (unpaired) electrons. The predicted molar refractivity (Wildman–Crippen MR) is 110 cm³/mol. The third-order valence-electron chi connectivity index (χ3n) is 5.66. The summed E-state index contributed by atoms with van der Waals surface area (Å²) in [4.78, 5) is 4.77. The molecule has 27 heavy (non-hydrogen) atoms. The largest absolute Gasteiger partial charge is 0.382 e. The predicted octanol–water partition coefficient (Wildman–Crippen LogP) is 2.95. The number of hydrogen-bond acceptors (Lipinski definition) is 4. The van der Waals surface area contributed by atoms with Crippen molar-refractivity contribution in [1.29, 1.82) is 0 Å². The minimum absolute atomic E-state index is 0.337. The van der Waals surface area contributed by atoms with Gasteiger partial charge in [0.1, 0.15) is 12.4 Å². The van der Waals surface area contributed by atoms with Crippen molar-refractivity contribution in [3.8, 4) is 0 Å². The molecule has 1 fully saturated rings. The lowest BCUT2D eigenvalue weighted by atomic mass is 9.83. The summed E-state index contributed by atoms with van der Waals surface area (Å²) in [5, 5.41) is 15.4. The first-order chi connectivity index (χ1) is 13.1. The molecule has 0 aromatic carbocycles. The molecule has 1 aromatic rings. The monoisotopic (exact) mass is 378 g/mol. The van der Waals surface area contributed by atoms with Crippen molar-refractivity contribution in [2.45, 2.75) is 72.3 Å². The molecule has 7 heteroatoms. The maximum atomic E-state index is 5.64. The van der Waals surface area contributed by atoms with E-state index in [1.807, 2.05) is 18.5 Å². The zero-order chi connectivity index (χ0) is 19.5. The lowest BCUT2D eigenvalue weighted by Crippen LogP contribution is -2.43. The molecule has 1 aliphatic carbocycles. The number of nitrogens with zero attached hydrogens (tertiary/aromatic N) is 4. The van der Waals surface area contributed by atoms with Crippen LogP contribution in [0, 0.1) is 12.3 Å². The van der Waals surface area contributed by atoms with Crippen molar-refractivity contribution < 1.29 is 4.74 Å². The molecule has 0 amide bonds. The molecular weight excluding hydrogens is 340 g/mol.